The first-order chi connectivity index (χ1) is 7.84. The number of nitrogens with two attached hydrogens (primary N) is 1. The van der Waals surface area contributed by atoms with Crippen molar-refractivity contribution in [2.24, 2.45) is 17.6 Å². The van der Waals surface area contributed by atoms with Gasteiger partial charge in [0.1, 0.15) is 6.04 Å². The molecule has 0 aliphatic carbocycles. The number of rotatable bonds is 4. The predicted molar refractivity (Wildman–Crippen MR) is 69.3 cm³/mol. The van der Waals surface area contributed by atoms with Crippen molar-refractivity contribution < 1.29 is 9.59 Å². The molecule has 0 bridgehead atoms. The lowest BCUT2D eigenvalue weighted by atomic mass is 9.94. The summed E-state index contributed by atoms with van der Waals surface area (Å²) in [5.74, 6) is -0.782. The smallest absolute Gasteiger partial charge is 0.244 e. The van der Waals surface area contributed by atoms with Crippen LogP contribution in [0.3, 0.4) is 0 Å². The van der Waals surface area contributed by atoms with Crippen molar-refractivity contribution in [2.45, 2.75) is 26.3 Å². The second kappa shape index (κ2) is 5.44. The first-order valence-corrected chi connectivity index (χ1v) is 6.10. The summed E-state index contributed by atoms with van der Waals surface area (Å²) < 4.78 is 0. The molecule has 0 aromatic rings. The minimum atomic E-state index is -0.510. The van der Waals surface area contributed by atoms with Gasteiger partial charge in [-0.25, -0.2) is 0 Å². The SMILES string of the molecule is CC(C)C(C(=O)NC1CCN(C)C1=O)C(N)=S. The van der Waals surface area contributed by atoms with E-state index in [-0.39, 0.29) is 22.7 Å². The second-order valence-corrected chi connectivity index (χ2v) is 5.21. The molecule has 1 aliphatic rings. The lowest BCUT2D eigenvalue weighted by Gasteiger charge is -2.21. The average Bonchev–Trinajstić information content (AvgIpc) is 2.48. The molecular weight excluding hydrogens is 238 g/mol. The van der Waals surface area contributed by atoms with Gasteiger partial charge in [0.25, 0.3) is 0 Å². The third-order valence-electron chi connectivity index (χ3n) is 3.00. The molecule has 17 heavy (non-hydrogen) atoms. The molecule has 3 N–H and O–H groups in total. The third-order valence-corrected chi connectivity index (χ3v) is 3.25. The van der Waals surface area contributed by atoms with Crippen LogP contribution in [0.4, 0.5) is 0 Å². The molecule has 2 atom stereocenters. The maximum atomic E-state index is 12.0. The van der Waals surface area contributed by atoms with Crippen LogP contribution >= 0.6 is 12.2 Å². The largest absolute Gasteiger partial charge is 0.393 e. The number of hydrogen-bond donors (Lipinski definition) is 2. The molecule has 0 radical (unpaired) electrons. The van der Waals surface area contributed by atoms with Crippen LogP contribution < -0.4 is 11.1 Å². The van der Waals surface area contributed by atoms with Crippen molar-refractivity contribution in [2.75, 3.05) is 13.6 Å². The van der Waals surface area contributed by atoms with E-state index in [9.17, 15) is 9.59 Å². The van der Waals surface area contributed by atoms with Crippen molar-refractivity contribution in [3.05, 3.63) is 0 Å². The molecule has 0 aromatic carbocycles. The Hall–Kier alpha value is -1.17. The summed E-state index contributed by atoms with van der Waals surface area (Å²) in [6, 6.07) is -0.428. The third kappa shape index (κ3) is 3.15. The minimum absolute atomic E-state index is 0.0294. The molecule has 1 heterocycles. The summed E-state index contributed by atoms with van der Waals surface area (Å²) in [5, 5.41) is 2.72. The van der Waals surface area contributed by atoms with Crippen LogP contribution in [0.15, 0.2) is 0 Å². The van der Waals surface area contributed by atoms with E-state index in [2.05, 4.69) is 5.32 Å². The summed E-state index contributed by atoms with van der Waals surface area (Å²) in [6.07, 6.45) is 0.642. The fourth-order valence-electron chi connectivity index (χ4n) is 1.98. The Morgan fingerprint density at radius 3 is 2.53 bits per heavy atom. The first kappa shape index (κ1) is 13.9. The number of thiocarbonyl (C=S) groups is 1. The number of likely N-dealkylation sites (tertiary alicyclic amines) is 1. The van der Waals surface area contributed by atoms with Gasteiger partial charge in [-0.1, -0.05) is 26.1 Å². The molecule has 1 aliphatic heterocycles. The summed E-state index contributed by atoms with van der Waals surface area (Å²) in [6.45, 7) is 4.43. The lowest BCUT2D eigenvalue weighted by Crippen LogP contribution is -2.47. The van der Waals surface area contributed by atoms with Crippen LogP contribution in [0.1, 0.15) is 20.3 Å². The van der Waals surface area contributed by atoms with Crippen molar-refractivity contribution >= 4 is 29.0 Å². The highest BCUT2D eigenvalue weighted by Crippen LogP contribution is 2.14. The molecule has 5 nitrogen and oxygen atoms in total. The van der Waals surface area contributed by atoms with Gasteiger partial charge < -0.3 is 16.0 Å². The van der Waals surface area contributed by atoms with Gasteiger partial charge >= 0.3 is 0 Å². The number of hydrogen-bond acceptors (Lipinski definition) is 3. The van der Waals surface area contributed by atoms with Crippen LogP contribution in [0.25, 0.3) is 0 Å². The summed E-state index contributed by atoms with van der Waals surface area (Å²) in [4.78, 5) is 25.4. The number of carbonyl (C=O) groups is 2. The maximum absolute atomic E-state index is 12.0. The van der Waals surface area contributed by atoms with Gasteiger partial charge in [0, 0.05) is 13.6 Å². The highest BCUT2D eigenvalue weighted by Gasteiger charge is 2.33. The molecule has 6 heteroatoms. The van der Waals surface area contributed by atoms with Gasteiger partial charge in [-0.3, -0.25) is 9.59 Å². The molecule has 2 amide bonds. The monoisotopic (exact) mass is 257 g/mol. The van der Waals surface area contributed by atoms with Crippen LogP contribution in [-0.2, 0) is 9.59 Å². The lowest BCUT2D eigenvalue weighted by molar-refractivity contribution is -0.132. The van der Waals surface area contributed by atoms with Gasteiger partial charge in [-0.2, -0.15) is 0 Å². The summed E-state index contributed by atoms with van der Waals surface area (Å²) >= 11 is 4.88. The van der Waals surface area contributed by atoms with Gasteiger partial charge in [-0.15, -0.1) is 0 Å². The van der Waals surface area contributed by atoms with E-state index in [1.54, 1.807) is 11.9 Å². The van der Waals surface area contributed by atoms with Crippen LogP contribution in [0.2, 0.25) is 0 Å². The zero-order chi connectivity index (χ0) is 13.2. The van der Waals surface area contributed by atoms with E-state index in [1.165, 1.54) is 0 Å². The second-order valence-electron chi connectivity index (χ2n) is 4.73. The normalized spacial score (nSPS) is 21.8. The van der Waals surface area contributed by atoms with Crippen molar-refractivity contribution in [3.63, 3.8) is 0 Å². The van der Waals surface area contributed by atoms with E-state index < -0.39 is 12.0 Å². The number of amides is 2. The Bertz CT molecular complexity index is 344. The zero-order valence-electron chi connectivity index (χ0n) is 10.4. The molecular formula is C11H19N3O2S. The highest BCUT2D eigenvalue weighted by molar-refractivity contribution is 7.80. The molecule has 96 valence electrons. The molecule has 1 saturated heterocycles. The fraction of sp³-hybridized carbons (Fsp3) is 0.727. The number of nitrogens with one attached hydrogen (secondary N) is 1. The molecule has 1 rings (SSSR count). The molecule has 0 aromatic heterocycles. The van der Waals surface area contributed by atoms with E-state index >= 15 is 0 Å². The van der Waals surface area contributed by atoms with E-state index in [4.69, 9.17) is 18.0 Å². The topological polar surface area (TPSA) is 75.4 Å². The van der Waals surface area contributed by atoms with Crippen molar-refractivity contribution in [3.8, 4) is 0 Å². The average molecular weight is 257 g/mol. The van der Waals surface area contributed by atoms with Gasteiger partial charge in [0.2, 0.25) is 11.8 Å². The van der Waals surface area contributed by atoms with E-state index in [0.717, 1.165) is 0 Å². The molecule has 0 spiro atoms. The van der Waals surface area contributed by atoms with Crippen molar-refractivity contribution in [1.82, 2.24) is 10.2 Å². The maximum Gasteiger partial charge on any atom is 0.244 e. The number of likely N-dealkylation sites (N-methyl/N-ethyl adjacent to an activating group) is 1. The standard InChI is InChI=1S/C11H19N3O2S/c1-6(2)8(9(12)17)10(15)13-7-4-5-14(3)11(7)16/h6-8H,4-5H2,1-3H3,(H2,12,17)(H,13,15). The minimum Gasteiger partial charge on any atom is -0.393 e. The predicted octanol–water partition coefficient (Wildman–Crippen LogP) is -0.108. The fourth-order valence-corrected chi connectivity index (χ4v) is 2.36. The summed E-state index contributed by atoms with van der Waals surface area (Å²) in [5.41, 5.74) is 5.55. The van der Waals surface area contributed by atoms with E-state index in [0.29, 0.717) is 13.0 Å². The molecule has 1 fully saturated rings. The van der Waals surface area contributed by atoms with Crippen LogP contribution in [-0.4, -0.2) is 41.3 Å². The van der Waals surface area contributed by atoms with Gasteiger partial charge in [0.15, 0.2) is 0 Å². The quantitative estimate of drug-likeness (QED) is 0.689. The number of nitrogens with zero attached hydrogens (tertiary/aromatic N) is 1. The van der Waals surface area contributed by atoms with Gasteiger partial charge in [0.05, 0.1) is 10.9 Å². The van der Waals surface area contributed by atoms with Crippen LogP contribution in [0, 0.1) is 11.8 Å². The van der Waals surface area contributed by atoms with Crippen LogP contribution in [0.5, 0.6) is 0 Å². The Labute approximate surface area is 107 Å². The van der Waals surface area contributed by atoms with Gasteiger partial charge in [-0.05, 0) is 12.3 Å². The Morgan fingerprint density at radius 2 is 2.18 bits per heavy atom. The number of carbonyl (C=O) groups excluding carboxylic acids is 2. The molecule has 2 unspecified atom stereocenters. The Balaban J connectivity index is 2.65. The Kier molecular flexibility index (Phi) is 4.45. The first-order valence-electron chi connectivity index (χ1n) is 5.69. The highest BCUT2D eigenvalue weighted by atomic mass is 32.1. The molecule has 0 saturated carbocycles. The van der Waals surface area contributed by atoms with E-state index in [1.807, 2.05) is 13.8 Å². The zero-order valence-corrected chi connectivity index (χ0v) is 11.2. The van der Waals surface area contributed by atoms with Crippen molar-refractivity contribution in [1.29, 1.82) is 0 Å². The summed E-state index contributed by atoms with van der Waals surface area (Å²) in [7, 11) is 1.72. The Morgan fingerprint density at radius 1 is 1.59 bits per heavy atom.